The van der Waals surface area contributed by atoms with Gasteiger partial charge in [-0.05, 0) is 28.8 Å². The van der Waals surface area contributed by atoms with Crippen molar-refractivity contribution < 1.29 is 18.0 Å². The van der Waals surface area contributed by atoms with Crippen LogP contribution in [0, 0.1) is 0 Å². The monoisotopic (exact) mass is 428 g/mol. The number of amides is 1. The van der Waals surface area contributed by atoms with E-state index in [1.54, 1.807) is 24.0 Å². The lowest BCUT2D eigenvalue weighted by atomic mass is 9.93. The first-order valence-electron chi connectivity index (χ1n) is 9.43. The predicted molar refractivity (Wildman–Crippen MR) is 108 cm³/mol. The van der Waals surface area contributed by atoms with Gasteiger partial charge in [-0.1, -0.05) is 19.1 Å². The Morgan fingerprint density at radius 3 is 2.55 bits per heavy atom. The summed E-state index contributed by atoms with van der Waals surface area (Å²) in [7, 11) is 1.79. The molecule has 3 heterocycles. The molecular weight excluding hydrogens is 409 g/mol. The van der Waals surface area contributed by atoms with Gasteiger partial charge in [0.2, 0.25) is 0 Å². The molecule has 3 aromatic heterocycles. The molecule has 4 aromatic rings. The molecule has 1 unspecified atom stereocenters. The van der Waals surface area contributed by atoms with E-state index in [-0.39, 0.29) is 11.6 Å². The first kappa shape index (κ1) is 20.6. The van der Waals surface area contributed by atoms with Gasteiger partial charge in [0.15, 0.2) is 0 Å². The average molecular weight is 428 g/mol. The molecule has 160 valence electrons. The van der Waals surface area contributed by atoms with Crippen LogP contribution in [-0.4, -0.2) is 36.6 Å². The van der Waals surface area contributed by atoms with Gasteiger partial charge >= 0.3 is 6.18 Å². The van der Waals surface area contributed by atoms with Crippen molar-refractivity contribution >= 4 is 16.8 Å². The number of nitrogens with zero attached hydrogens (tertiary/aromatic N) is 5. The largest absolute Gasteiger partial charge is 0.408 e. The zero-order valence-electron chi connectivity index (χ0n) is 16.8. The van der Waals surface area contributed by atoms with Gasteiger partial charge in [-0.3, -0.25) is 14.2 Å². The van der Waals surface area contributed by atoms with Crippen molar-refractivity contribution in [1.82, 2.24) is 24.5 Å². The third-order valence-electron chi connectivity index (χ3n) is 5.10. The number of rotatable bonds is 5. The highest BCUT2D eigenvalue weighted by atomic mass is 19.4. The van der Waals surface area contributed by atoms with Crippen molar-refractivity contribution in [3.05, 3.63) is 65.9 Å². The van der Waals surface area contributed by atoms with E-state index in [1.807, 2.05) is 31.3 Å². The third-order valence-corrected chi connectivity index (χ3v) is 5.10. The van der Waals surface area contributed by atoms with Crippen LogP contribution in [0.5, 0.6) is 0 Å². The zero-order chi connectivity index (χ0) is 22.3. The Morgan fingerprint density at radius 2 is 1.90 bits per heavy atom. The van der Waals surface area contributed by atoms with Crippen molar-refractivity contribution in [2.45, 2.75) is 25.6 Å². The molecule has 0 spiro atoms. The Balaban J connectivity index is 1.76. The van der Waals surface area contributed by atoms with Crippen LogP contribution in [0.4, 0.5) is 13.2 Å². The number of primary amides is 1. The smallest absolute Gasteiger partial charge is 0.364 e. The topological polar surface area (TPSA) is 91.6 Å². The maximum Gasteiger partial charge on any atom is 0.408 e. The fourth-order valence-corrected chi connectivity index (χ4v) is 3.51. The van der Waals surface area contributed by atoms with E-state index in [0.717, 1.165) is 26.8 Å². The molecule has 0 saturated heterocycles. The summed E-state index contributed by atoms with van der Waals surface area (Å²) >= 11 is 0. The van der Waals surface area contributed by atoms with Crippen molar-refractivity contribution in [3.8, 4) is 11.1 Å². The van der Waals surface area contributed by atoms with Crippen LogP contribution in [-0.2, 0) is 13.6 Å². The minimum absolute atomic E-state index is 0.120. The van der Waals surface area contributed by atoms with E-state index in [2.05, 4.69) is 15.2 Å². The Kier molecular flexibility index (Phi) is 5.00. The molecule has 1 atom stereocenters. The molecule has 7 nitrogen and oxygen atoms in total. The quantitative estimate of drug-likeness (QED) is 0.525. The molecule has 0 aliphatic rings. The second-order valence-corrected chi connectivity index (χ2v) is 7.41. The highest BCUT2D eigenvalue weighted by molar-refractivity contribution is 6.00. The fourth-order valence-electron chi connectivity index (χ4n) is 3.51. The normalized spacial score (nSPS) is 12.9. The predicted octanol–water partition coefficient (Wildman–Crippen LogP) is 3.64. The Hall–Kier alpha value is -3.69. The number of hydrogen-bond donors (Lipinski definition) is 1. The molecule has 31 heavy (non-hydrogen) atoms. The number of fused-ring (bicyclic) bond motifs is 1. The Bertz CT molecular complexity index is 1270. The van der Waals surface area contributed by atoms with E-state index >= 15 is 0 Å². The summed E-state index contributed by atoms with van der Waals surface area (Å²) < 4.78 is 40.4. The number of aryl methyl sites for hydroxylation is 1. The molecule has 0 radical (unpaired) electrons. The lowest BCUT2D eigenvalue weighted by molar-refractivity contribution is -0.142. The van der Waals surface area contributed by atoms with Gasteiger partial charge in [-0.25, -0.2) is 4.98 Å². The van der Waals surface area contributed by atoms with Gasteiger partial charge in [0.05, 0.1) is 17.9 Å². The van der Waals surface area contributed by atoms with E-state index < -0.39 is 18.6 Å². The number of nitrogens with two attached hydrogens (primary N) is 1. The Morgan fingerprint density at radius 1 is 1.13 bits per heavy atom. The van der Waals surface area contributed by atoms with E-state index in [4.69, 9.17) is 5.73 Å². The van der Waals surface area contributed by atoms with E-state index in [1.165, 1.54) is 12.4 Å². The summed E-state index contributed by atoms with van der Waals surface area (Å²) in [5, 5.41) is 8.80. The first-order valence-corrected chi connectivity index (χ1v) is 9.43. The standard InChI is InChI=1S/C21H19F3N6O/c1-12(14-7-27-30(10-14)11-21(22,23)24)13-3-4-16-17(15-8-26-29(2)9-15)6-19(20(25)31)28-18(16)5-13/h3-10,12H,11H2,1-2H3,(H2,25,31). The lowest BCUT2D eigenvalue weighted by Crippen LogP contribution is -2.17. The fraction of sp³-hybridized carbons (Fsp3) is 0.238. The molecule has 0 aliphatic carbocycles. The Labute approximate surface area is 175 Å². The van der Waals surface area contributed by atoms with Crippen molar-refractivity contribution in [2.24, 2.45) is 12.8 Å². The van der Waals surface area contributed by atoms with Crippen molar-refractivity contribution in [3.63, 3.8) is 0 Å². The number of carbonyl (C=O) groups excluding carboxylic acids is 1. The number of halogens is 3. The van der Waals surface area contributed by atoms with Crippen molar-refractivity contribution in [2.75, 3.05) is 0 Å². The molecule has 0 bridgehead atoms. The van der Waals surface area contributed by atoms with Gasteiger partial charge in [0.1, 0.15) is 12.2 Å². The molecule has 10 heteroatoms. The number of alkyl halides is 3. The molecule has 0 fully saturated rings. The van der Waals surface area contributed by atoms with Crippen LogP contribution in [0.25, 0.3) is 22.0 Å². The second-order valence-electron chi connectivity index (χ2n) is 7.41. The summed E-state index contributed by atoms with van der Waals surface area (Å²) in [4.78, 5) is 16.2. The maximum absolute atomic E-state index is 12.6. The highest BCUT2D eigenvalue weighted by Gasteiger charge is 2.28. The molecule has 0 aliphatic heterocycles. The van der Waals surface area contributed by atoms with Crippen molar-refractivity contribution in [1.29, 1.82) is 0 Å². The summed E-state index contributed by atoms with van der Waals surface area (Å²) in [6.45, 7) is 0.728. The minimum atomic E-state index is -4.34. The molecule has 2 N–H and O–H groups in total. The van der Waals surface area contributed by atoms with Crippen LogP contribution >= 0.6 is 0 Å². The second kappa shape index (κ2) is 7.53. The number of carbonyl (C=O) groups is 1. The summed E-state index contributed by atoms with van der Waals surface area (Å²) in [6.07, 6.45) is 1.98. The van der Waals surface area contributed by atoms with Gasteiger partial charge in [0, 0.05) is 36.3 Å². The van der Waals surface area contributed by atoms with Gasteiger partial charge in [0.25, 0.3) is 5.91 Å². The van der Waals surface area contributed by atoms with Gasteiger partial charge in [-0.15, -0.1) is 0 Å². The summed E-state index contributed by atoms with van der Waals surface area (Å²) in [5.74, 6) is -0.883. The van der Waals surface area contributed by atoms with E-state index in [0.29, 0.717) is 11.1 Å². The van der Waals surface area contributed by atoms with Crippen LogP contribution in [0.2, 0.25) is 0 Å². The number of pyridine rings is 1. The SMILES string of the molecule is CC(c1ccc2c(-c3cnn(C)c3)cc(C(N)=O)nc2c1)c1cnn(CC(F)(F)F)c1. The maximum atomic E-state index is 12.6. The number of benzene rings is 1. The molecule has 1 aromatic carbocycles. The summed E-state index contributed by atoms with van der Waals surface area (Å²) in [6, 6.07) is 7.21. The first-order chi connectivity index (χ1) is 14.6. The third kappa shape index (κ3) is 4.27. The zero-order valence-corrected chi connectivity index (χ0v) is 16.8. The van der Waals surface area contributed by atoms with Crippen LogP contribution in [0.3, 0.4) is 0 Å². The molecule has 0 saturated carbocycles. The highest BCUT2D eigenvalue weighted by Crippen LogP contribution is 2.32. The van der Waals surface area contributed by atoms with Gasteiger partial charge < -0.3 is 5.73 Å². The molecular formula is C21H19F3N6O. The van der Waals surface area contributed by atoms with Crippen LogP contribution in [0.1, 0.15) is 34.5 Å². The van der Waals surface area contributed by atoms with E-state index in [9.17, 15) is 18.0 Å². The molecule has 1 amide bonds. The minimum Gasteiger partial charge on any atom is -0.364 e. The summed E-state index contributed by atoms with van der Waals surface area (Å²) in [5.41, 5.74) is 9.20. The number of aromatic nitrogens is 5. The lowest BCUT2D eigenvalue weighted by Gasteiger charge is -2.13. The molecule has 4 rings (SSSR count). The average Bonchev–Trinajstić information content (AvgIpc) is 3.33. The van der Waals surface area contributed by atoms with Gasteiger partial charge in [-0.2, -0.15) is 23.4 Å². The van der Waals surface area contributed by atoms with Crippen LogP contribution in [0.15, 0.2) is 49.1 Å². The van der Waals surface area contributed by atoms with Crippen LogP contribution < -0.4 is 5.73 Å². The number of hydrogen-bond acceptors (Lipinski definition) is 4.